The number of aromatic nitrogens is 1. The Morgan fingerprint density at radius 3 is 2.42 bits per heavy atom. The number of nitro groups is 1. The summed E-state index contributed by atoms with van der Waals surface area (Å²) in [7, 11) is 0. The Morgan fingerprint density at radius 2 is 1.76 bits per heavy atom. The van der Waals surface area contributed by atoms with Gasteiger partial charge in [-0.05, 0) is 35.9 Å². The van der Waals surface area contributed by atoms with E-state index in [-0.39, 0.29) is 34.3 Å². The van der Waals surface area contributed by atoms with Crippen molar-refractivity contribution in [3.05, 3.63) is 110 Å². The molecule has 0 fully saturated rings. The molecule has 0 saturated carbocycles. The number of nitrogens with zero attached hydrogens (tertiary/aromatic N) is 2. The van der Waals surface area contributed by atoms with Gasteiger partial charge in [0.15, 0.2) is 0 Å². The van der Waals surface area contributed by atoms with Crippen LogP contribution in [0.5, 0.6) is 5.88 Å². The number of carbonyl (C=O) groups excluding carboxylic acids is 1. The average molecular weight is 449 g/mol. The average Bonchev–Trinajstić information content (AvgIpc) is 2.81. The first kappa shape index (κ1) is 21.5. The van der Waals surface area contributed by atoms with E-state index in [1.165, 1.54) is 18.2 Å². The molecule has 0 atom stereocenters. The number of nitro benzene ring substituents is 1. The molecule has 0 aliphatic carbocycles. The van der Waals surface area contributed by atoms with Gasteiger partial charge in [0.25, 0.3) is 17.2 Å². The summed E-state index contributed by atoms with van der Waals surface area (Å²) in [5.41, 5.74) is -0.666. The van der Waals surface area contributed by atoms with Gasteiger partial charge in [0.2, 0.25) is 5.88 Å². The van der Waals surface area contributed by atoms with Gasteiger partial charge in [0.1, 0.15) is 18.0 Å². The molecule has 1 heterocycles. The molecule has 0 saturated heterocycles. The number of amides is 1. The number of benzene rings is 3. The van der Waals surface area contributed by atoms with E-state index in [0.29, 0.717) is 10.3 Å². The number of hydrogen-bond donors (Lipinski definition) is 2. The molecular formula is C23H16FN3O6. The summed E-state index contributed by atoms with van der Waals surface area (Å²) in [5, 5.41) is 24.3. The zero-order valence-electron chi connectivity index (χ0n) is 16.9. The van der Waals surface area contributed by atoms with Crippen LogP contribution in [-0.4, -0.2) is 20.7 Å². The van der Waals surface area contributed by atoms with Crippen LogP contribution in [0.1, 0.15) is 15.9 Å². The normalized spacial score (nSPS) is 10.7. The van der Waals surface area contributed by atoms with Gasteiger partial charge in [-0.3, -0.25) is 19.7 Å². The number of hydrogen-bond acceptors (Lipinski definition) is 6. The molecule has 10 heteroatoms. The van der Waals surface area contributed by atoms with E-state index in [0.717, 1.165) is 24.3 Å². The zero-order chi connectivity index (χ0) is 23.5. The number of aromatic hydroxyl groups is 1. The molecule has 4 rings (SSSR count). The van der Waals surface area contributed by atoms with Crippen molar-refractivity contribution in [3.63, 3.8) is 0 Å². The molecule has 166 valence electrons. The lowest BCUT2D eigenvalue weighted by Crippen LogP contribution is -2.29. The van der Waals surface area contributed by atoms with Gasteiger partial charge in [0.05, 0.1) is 10.3 Å². The van der Waals surface area contributed by atoms with Gasteiger partial charge < -0.3 is 15.3 Å². The number of nitrogens with one attached hydrogen (secondary N) is 1. The highest BCUT2D eigenvalue weighted by Gasteiger charge is 2.24. The Kier molecular flexibility index (Phi) is 5.73. The largest absolute Gasteiger partial charge is 0.492 e. The highest BCUT2D eigenvalue weighted by Crippen LogP contribution is 2.28. The molecule has 2 N–H and O–H groups in total. The molecule has 0 bridgehead atoms. The van der Waals surface area contributed by atoms with Gasteiger partial charge in [-0.25, -0.2) is 4.39 Å². The number of pyridine rings is 1. The predicted molar refractivity (Wildman–Crippen MR) is 118 cm³/mol. The van der Waals surface area contributed by atoms with Gasteiger partial charge in [0, 0.05) is 23.2 Å². The Bertz CT molecular complexity index is 1420. The van der Waals surface area contributed by atoms with Crippen LogP contribution in [0.25, 0.3) is 10.8 Å². The zero-order valence-corrected chi connectivity index (χ0v) is 16.9. The second kappa shape index (κ2) is 8.79. The first-order valence-corrected chi connectivity index (χ1v) is 9.65. The summed E-state index contributed by atoms with van der Waals surface area (Å²) in [6.07, 6.45) is 0. The molecule has 1 amide bonds. The predicted octanol–water partition coefficient (Wildman–Crippen LogP) is 3.64. The molecule has 0 radical (unpaired) electrons. The standard InChI is InChI=1S/C23H16FN3O6/c24-15-6-8-16(9-7-15)25-21(28)20-18-11-10-17(27(31)32)12-19(18)22(29)26(23(20)30)33-13-14-4-2-1-3-5-14/h1-12,30H,13H2,(H,25,28). The van der Waals surface area contributed by atoms with Crippen molar-refractivity contribution >= 4 is 28.1 Å². The van der Waals surface area contributed by atoms with Crippen molar-refractivity contribution in [2.75, 3.05) is 5.32 Å². The SMILES string of the molecule is O=C(Nc1ccc(F)cc1)c1c(O)n(OCc2ccccc2)c(=O)c2cc([N+](=O)[O-])ccc12. The summed E-state index contributed by atoms with van der Waals surface area (Å²) < 4.78 is 13.7. The second-order valence-electron chi connectivity index (χ2n) is 7.01. The number of carbonyl (C=O) groups is 1. The molecule has 33 heavy (non-hydrogen) atoms. The lowest BCUT2D eigenvalue weighted by Gasteiger charge is -2.16. The highest BCUT2D eigenvalue weighted by atomic mass is 19.1. The van der Waals surface area contributed by atoms with Crippen LogP contribution in [0.15, 0.2) is 77.6 Å². The summed E-state index contributed by atoms with van der Waals surface area (Å²) in [6.45, 7) is -0.117. The summed E-state index contributed by atoms with van der Waals surface area (Å²) in [6, 6.07) is 17.0. The summed E-state index contributed by atoms with van der Waals surface area (Å²) >= 11 is 0. The van der Waals surface area contributed by atoms with Crippen molar-refractivity contribution in [2.24, 2.45) is 0 Å². The van der Waals surface area contributed by atoms with Crippen LogP contribution in [0, 0.1) is 15.9 Å². The molecule has 1 aromatic heterocycles. The third kappa shape index (κ3) is 4.35. The number of non-ortho nitro benzene ring substituents is 1. The van der Waals surface area contributed by atoms with Crippen LogP contribution in [0.3, 0.4) is 0 Å². The summed E-state index contributed by atoms with van der Waals surface area (Å²) in [4.78, 5) is 42.0. The quantitative estimate of drug-likeness (QED) is 0.342. The van der Waals surface area contributed by atoms with E-state index >= 15 is 0 Å². The smallest absolute Gasteiger partial charge is 0.294 e. The fourth-order valence-corrected chi connectivity index (χ4v) is 3.25. The van der Waals surface area contributed by atoms with Crippen molar-refractivity contribution in [2.45, 2.75) is 6.61 Å². The van der Waals surface area contributed by atoms with E-state index in [2.05, 4.69) is 5.32 Å². The Balaban J connectivity index is 1.84. The molecule has 9 nitrogen and oxygen atoms in total. The monoisotopic (exact) mass is 449 g/mol. The molecule has 0 aliphatic heterocycles. The van der Waals surface area contributed by atoms with Gasteiger partial charge in [-0.15, -0.1) is 4.73 Å². The minimum absolute atomic E-state index is 0.0118. The first-order chi connectivity index (χ1) is 15.8. The minimum atomic E-state index is -0.875. The molecule has 0 aliphatic rings. The van der Waals surface area contributed by atoms with Crippen LogP contribution >= 0.6 is 0 Å². The number of halogens is 1. The van der Waals surface area contributed by atoms with Crippen molar-refractivity contribution in [1.29, 1.82) is 0 Å². The first-order valence-electron chi connectivity index (χ1n) is 9.65. The minimum Gasteiger partial charge on any atom is -0.492 e. The number of anilines is 1. The fraction of sp³-hybridized carbons (Fsp3) is 0.0435. The van der Waals surface area contributed by atoms with Gasteiger partial charge in [-0.1, -0.05) is 30.3 Å². The van der Waals surface area contributed by atoms with Crippen LogP contribution < -0.4 is 15.7 Å². The van der Waals surface area contributed by atoms with E-state index < -0.39 is 28.1 Å². The molecular weight excluding hydrogens is 433 g/mol. The highest BCUT2D eigenvalue weighted by molar-refractivity contribution is 6.14. The maximum atomic E-state index is 13.2. The van der Waals surface area contributed by atoms with Crippen molar-refractivity contribution in [3.8, 4) is 5.88 Å². The Labute approximate surface area is 185 Å². The van der Waals surface area contributed by atoms with Crippen LogP contribution in [0.2, 0.25) is 0 Å². The van der Waals surface area contributed by atoms with Gasteiger partial charge >= 0.3 is 0 Å². The fourth-order valence-electron chi connectivity index (χ4n) is 3.25. The van der Waals surface area contributed by atoms with Crippen molar-refractivity contribution < 1.29 is 24.1 Å². The lowest BCUT2D eigenvalue weighted by atomic mass is 10.1. The number of fused-ring (bicyclic) bond motifs is 1. The number of rotatable bonds is 6. The van der Waals surface area contributed by atoms with E-state index in [1.54, 1.807) is 30.3 Å². The maximum Gasteiger partial charge on any atom is 0.294 e. The van der Waals surface area contributed by atoms with Crippen molar-refractivity contribution in [1.82, 2.24) is 4.73 Å². The summed E-state index contributed by atoms with van der Waals surface area (Å²) in [5.74, 6) is -2.11. The van der Waals surface area contributed by atoms with Gasteiger partial charge in [-0.2, -0.15) is 0 Å². The van der Waals surface area contributed by atoms with E-state index in [4.69, 9.17) is 4.84 Å². The Hall–Kier alpha value is -4.73. The third-order valence-corrected chi connectivity index (χ3v) is 4.85. The second-order valence-corrected chi connectivity index (χ2v) is 7.01. The maximum absolute atomic E-state index is 13.2. The van der Waals surface area contributed by atoms with E-state index in [1.807, 2.05) is 0 Å². The molecule has 0 spiro atoms. The topological polar surface area (TPSA) is 124 Å². The lowest BCUT2D eigenvalue weighted by molar-refractivity contribution is -0.384. The third-order valence-electron chi connectivity index (χ3n) is 4.85. The van der Waals surface area contributed by atoms with Crippen LogP contribution in [0.4, 0.5) is 15.8 Å². The molecule has 4 aromatic rings. The molecule has 0 unspecified atom stereocenters. The Morgan fingerprint density at radius 1 is 1.06 bits per heavy atom. The van der Waals surface area contributed by atoms with E-state index in [9.17, 15) is 29.2 Å². The molecule has 3 aromatic carbocycles. The van der Waals surface area contributed by atoms with Crippen LogP contribution in [-0.2, 0) is 6.61 Å².